The fourth-order valence-corrected chi connectivity index (χ4v) is 2.49. The molecule has 0 fully saturated rings. The first-order chi connectivity index (χ1) is 10.6. The number of allylic oxidation sites excluding steroid dienone is 1. The molecule has 0 spiro atoms. The lowest BCUT2D eigenvalue weighted by atomic mass is 10.0. The summed E-state index contributed by atoms with van der Waals surface area (Å²) in [5.41, 5.74) is 10.7. The second kappa shape index (κ2) is 15.5. The zero-order valence-electron chi connectivity index (χ0n) is 14.4. The largest absolute Gasteiger partial charge is 0.387 e. The van der Waals surface area contributed by atoms with E-state index in [4.69, 9.17) is 16.6 Å². The first kappa shape index (κ1) is 21.6. The molecular weight excluding hydrogens is 276 g/mol. The molecule has 0 rings (SSSR count). The lowest BCUT2D eigenvalue weighted by Gasteiger charge is -2.17. The van der Waals surface area contributed by atoms with E-state index in [9.17, 15) is 5.11 Å². The molecule has 3 atom stereocenters. The van der Waals surface area contributed by atoms with Gasteiger partial charge in [-0.2, -0.15) is 0 Å². The minimum atomic E-state index is -1.18. The van der Waals surface area contributed by atoms with Crippen LogP contribution in [-0.4, -0.2) is 28.6 Å². The van der Waals surface area contributed by atoms with Crippen molar-refractivity contribution in [1.82, 2.24) is 0 Å². The Hall–Kier alpha value is -0.420. The summed E-state index contributed by atoms with van der Waals surface area (Å²) in [5, 5.41) is 18.7. The van der Waals surface area contributed by atoms with Crippen molar-refractivity contribution in [1.29, 1.82) is 0 Å². The van der Waals surface area contributed by atoms with Gasteiger partial charge in [0.25, 0.3) is 0 Å². The molecule has 0 saturated carbocycles. The van der Waals surface area contributed by atoms with Crippen LogP contribution in [0.1, 0.15) is 84.0 Å². The highest BCUT2D eigenvalue weighted by Gasteiger charge is 2.16. The van der Waals surface area contributed by atoms with Gasteiger partial charge < -0.3 is 21.7 Å². The highest BCUT2D eigenvalue weighted by molar-refractivity contribution is 4.95. The van der Waals surface area contributed by atoms with Crippen LogP contribution >= 0.6 is 0 Å². The normalized spacial score (nSPS) is 16.0. The number of aliphatic hydroxyl groups excluding tert-OH is 2. The van der Waals surface area contributed by atoms with E-state index in [0.29, 0.717) is 0 Å². The van der Waals surface area contributed by atoms with E-state index in [-0.39, 0.29) is 0 Å². The maximum atomic E-state index is 9.61. The third-order valence-electron chi connectivity index (χ3n) is 4.10. The van der Waals surface area contributed by atoms with Gasteiger partial charge in [0.1, 0.15) is 6.23 Å². The number of rotatable bonds is 15. The van der Waals surface area contributed by atoms with Crippen molar-refractivity contribution in [3.63, 3.8) is 0 Å². The monoisotopic (exact) mass is 314 g/mol. The standard InChI is InChI=1S/C18H38N2O2/c1-2-3-4-5-6-7-8-9-10-11-12-13-14-15-16(21)17(19)18(20)22/h14-18,21-22H,2-13,19-20H2,1H3/b15-14+/t16-,17+,18?/m1/s1. The Morgan fingerprint density at radius 2 is 1.23 bits per heavy atom. The van der Waals surface area contributed by atoms with Crippen molar-refractivity contribution in [2.45, 2.75) is 102 Å². The smallest absolute Gasteiger partial charge is 0.120 e. The quantitative estimate of drug-likeness (QED) is 0.212. The predicted octanol–water partition coefficient (Wildman–Crippen LogP) is 3.21. The van der Waals surface area contributed by atoms with Crippen LogP contribution in [0.15, 0.2) is 12.2 Å². The molecule has 0 aliphatic carbocycles. The summed E-state index contributed by atoms with van der Waals surface area (Å²) < 4.78 is 0. The van der Waals surface area contributed by atoms with E-state index in [1.807, 2.05) is 6.08 Å². The van der Waals surface area contributed by atoms with Crippen molar-refractivity contribution in [2.24, 2.45) is 11.5 Å². The van der Waals surface area contributed by atoms with Crippen LogP contribution in [0.4, 0.5) is 0 Å². The third kappa shape index (κ3) is 13.3. The fourth-order valence-electron chi connectivity index (χ4n) is 2.49. The van der Waals surface area contributed by atoms with Gasteiger partial charge >= 0.3 is 0 Å². The molecular formula is C18H38N2O2. The van der Waals surface area contributed by atoms with E-state index < -0.39 is 18.4 Å². The molecule has 0 aliphatic rings. The Morgan fingerprint density at radius 1 is 0.773 bits per heavy atom. The number of unbranched alkanes of at least 4 members (excludes halogenated alkanes) is 11. The molecule has 132 valence electrons. The minimum Gasteiger partial charge on any atom is -0.387 e. The highest BCUT2D eigenvalue weighted by Crippen LogP contribution is 2.12. The number of aliphatic hydroxyl groups is 2. The molecule has 0 aromatic carbocycles. The van der Waals surface area contributed by atoms with Gasteiger partial charge in [0.15, 0.2) is 0 Å². The fraction of sp³-hybridized carbons (Fsp3) is 0.889. The van der Waals surface area contributed by atoms with Gasteiger partial charge in [-0.3, -0.25) is 0 Å². The molecule has 6 N–H and O–H groups in total. The van der Waals surface area contributed by atoms with Gasteiger partial charge in [-0.05, 0) is 12.8 Å². The molecule has 4 nitrogen and oxygen atoms in total. The second-order valence-corrected chi connectivity index (χ2v) is 6.31. The maximum absolute atomic E-state index is 9.61. The molecule has 0 aromatic rings. The van der Waals surface area contributed by atoms with E-state index in [2.05, 4.69) is 6.92 Å². The molecule has 0 aromatic heterocycles. The Bertz CT molecular complexity index is 257. The van der Waals surface area contributed by atoms with Gasteiger partial charge in [0, 0.05) is 0 Å². The van der Waals surface area contributed by atoms with Crippen LogP contribution in [0.3, 0.4) is 0 Å². The maximum Gasteiger partial charge on any atom is 0.120 e. The van der Waals surface area contributed by atoms with Crippen molar-refractivity contribution in [3.05, 3.63) is 12.2 Å². The predicted molar refractivity (Wildman–Crippen MR) is 94.4 cm³/mol. The summed E-state index contributed by atoms with van der Waals surface area (Å²) >= 11 is 0. The van der Waals surface area contributed by atoms with Crippen molar-refractivity contribution >= 4 is 0 Å². The topological polar surface area (TPSA) is 92.5 Å². The Labute approximate surface area is 137 Å². The SMILES string of the molecule is CCCCCCCCCCCCC/C=C/[C@@H](O)[C@H](N)C(N)O. The summed E-state index contributed by atoms with van der Waals surface area (Å²) in [6.45, 7) is 2.26. The first-order valence-electron chi connectivity index (χ1n) is 9.13. The van der Waals surface area contributed by atoms with Crippen LogP contribution in [0.25, 0.3) is 0 Å². The second-order valence-electron chi connectivity index (χ2n) is 6.31. The average molecular weight is 315 g/mol. The number of nitrogens with two attached hydrogens (primary N) is 2. The van der Waals surface area contributed by atoms with Gasteiger partial charge in [0.2, 0.25) is 0 Å². The Morgan fingerprint density at radius 3 is 1.68 bits per heavy atom. The van der Waals surface area contributed by atoms with Crippen LogP contribution in [-0.2, 0) is 0 Å². The van der Waals surface area contributed by atoms with Gasteiger partial charge in [-0.1, -0.05) is 83.3 Å². The van der Waals surface area contributed by atoms with E-state index in [1.165, 1.54) is 64.2 Å². The molecule has 22 heavy (non-hydrogen) atoms. The van der Waals surface area contributed by atoms with Crippen LogP contribution in [0.2, 0.25) is 0 Å². The van der Waals surface area contributed by atoms with Crippen molar-refractivity contribution in [3.8, 4) is 0 Å². The molecule has 4 heteroatoms. The molecule has 0 amide bonds. The molecule has 0 radical (unpaired) electrons. The van der Waals surface area contributed by atoms with Crippen LogP contribution in [0, 0.1) is 0 Å². The zero-order valence-corrected chi connectivity index (χ0v) is 14.4. The molecule has 1 unspecified atom stereocenters. The van der Waals surface area contributed by atoms with Gasteiger partial charge in [-0.25, -0.2) is 0 Å². The highest BCUT2D eigenvalue weighted by atomic mass is 16.3. The summed E-state index contributed by atoms with van der Waals surface area (Å²) in [4.78, 5) is 0. The summed E-state index contributed by atoms with van der Waals surface area (Å²) in [5.74, 6) is 0. The number of hydrogen-bond donors (Lipinski definition) is 4. The van der Waals surface area contributed by atoms with Gasteiger partial charge in [0.05, 0.1) is 12.1 Å². The van der Waals surface area contributed by atoms with E-state index >= 15 is 0 Å². The lowest BCUT2D eigenvalue weighted by molar-refractivity contribution is 0.0828. The summed E-state index contributed by atoms with van der Waals surface area (Å²) in [6, 6.07) is -0.812. The Balaban J connectivity index is 3.29. The minimum absolute atomic E-state index is 0.812. The van der Waals surface area contributed by atoms with Crippen LogP contribution in [0.5, 0.6) is 0 Å². The molecule has 0 bridgehead atoms. The first-order valence-corrected chi connectivity index (χ1v) is 9.13. The van der Waals surface area contributed by atoms with Gasteiger partial charge in [-0.15, -0.1) is 0 Å². The summed E-state index contributed by atoms with van der Waals surface area (Å²) in [6.07, 6.45) is 17.1. The van der Waals surface area contributed by atoms with Crippen molar-refractivity contribution < 1.29 is 10.2 Å². The zero-order chi connectivity index (χ0) is 16.6. The van der Waals surface area contributed by atoms with E-state index in [1.54, 1.807) is 6.08 Å². The van der Waals surface area contributed by atoms with Crippen molar-refractivity contribution in [2.75, 3.05) is 0 Å². The number of hydrogen-bond acceptors (Lipinski definition) is 4. The molecule has 0 aliphatic heterocycles. The van der Waals surface area contributed by atoms with E-state index in [0.717, 1.165) is 12.8 Å². The third-order valence-corrected chi connectivity index (χ3v) is 4.10. The summed E-state index contributed by atoms with van der Waals surface area (Å²) in [7, 11) is 0. The lowest BCUT2D eigenvalue weighted by Crippen LogP contribution is -2.48. The Kier molecular flexibility index (Phi) is 15.2. The molecule has 0 heterocycles. The average Bonchev–Trinajstić information content (AvgIpc) is 2.50. The van der Waals surface area contributed by atoms with Crippen LogP contribution < -0.4 is 11.5 Å². The molecule has 0 saturated heterocycles.